The van der Waals surface area contributed by atoms with Crippen molar-refractivity contribution >= 4 is 33.8 Å². The molecule has 0 saturated heterocycles. The number of nitriles is 1. The van der Waals surface area contributed by atoms with E-state index in [1.54, 1.807) is 31.2 Å². The van der Waals surface area contributed by atoms with Crippen LogP contribution in [0.5, 0.6) is 5.75 Å². The number of ether oxygens (including phenoxy) is 1. The number of hydrogen-bond acceptors (Lipinski definition) is 4. The summed E-state index contributed by atoms with van der Waals surface area (Å²) in [6, 6.07) is 9.21. The van der Waals surface area contributed by atoms with Crippen molar-refractivity contribution in [2.75, 3.05) is 5.32 Å². The highest BCUT2D eigenvalue weighted by Gasteiger charge is 2.23. The molecular weight excluding hydrogens is 356 g/mol. The number of fused-ring (bicyclic) bond motifs is 1. The van der Waals surface area contributed by atoms with Crippen molar-refractivity contribution in [3.63, 3.8) is 0 Å². The molecule has 4 nitrogen and oxygen atoms in total. The molecule has 1 amide bonds. The first-order chi connectivity index (χ1) is 12.1. The Morgan fingerprint density at radius 2 is 2.16 bits per heavy atom. The van der Waals surface area contributed by atoms with E-state index in [9.17, 15) is 10.1 Å². The van der Waals surface area contributed by atoms with Gasteiger partial charge in [0.1, 0.15) is 16.8 Å². The highest BCUT2D eigenvalue weighted by molar-refractivity contribution is 7.16. The molecule has 1 unspecified atom stereocenters. The SMILES string of the molecule is CC(Oc1cccc(Cl)c1)C(=O)Nc1sc2c(c1C#N)CCCCC2. The van der Waals surface area contributed by atoms with E-state index in [-0.39, 0.29) is 5.91 Å². The lowest BCUT2D eigenvalue weighted by atomic mass is 10.1. The van der Waals surface area contributed by atoms with E-state index in [2.05, 4.69) is 11.4 Å². The minimum absolute atomic E-state index is 0.270. The molecule has 1 aromatic carbocycles. The van der Waals surface area contributed by atoms with Gasteiger partial charge in [-0.1, -0.05) is 24.1 Å². The van der Waals surface area contributed by atoms with Gasteiger partial charge in [0.15, 0.2) is 6.10 Å². The van der Waals surface area contributed by atoms with Crippen LogP contribution in [0.25, 0.3) is 0 Å². The smallest absolute Gasteiger partial charge is 0.265 e. The third-order valence-electron chi connectivity index (χ3n) is 4.25. The highest BCUT2D eigenvalue weighted by atomic mass is 35.5. The summed E-state index contributed by atoms with van der Waals surface area (Å²) in [5.74, 6) is 0.269. The van der Waals surface area contributed by atoms with Gasteiger partial charge in [-0.15, -0.1) is 11.3 Å². The van der Waals surface area contributed by atoms with Crippen LogP contribution in [-0.2, 0) is 17.6 Å². The van der Waals surface area contributed by atoms with Gasteiger partial charge in [-0.3, -0.25) is 4.79 Å². The minimum Gasteiger partial charge on any atom is -0.481 e. The van der Waals surface area contributed by atoms with Gasteiger partial charge in [0.2, 0.25) is 0 Å². The van der Waals surface area contributed by atoms with Crippen molar-refractivity contribution in [1.82, 2.24) is 0 Å². The number of halogens is 1. The topological polar surface area (TPSA) is 62.1 Å². The monoisotopic (exact) mass is 374 g/mol. The molecule has 2 aromatic rings. The molecule has 0 aliphatic heterocycles. The largest absolute Gasteiger partial charge is 0.481 e. The van der Waals surface area contributed by atoms with Crippen molar-refractivity contribution in [1.29, 1.82) is 5.26 Å². The Morgan fingerprint density at radius 3 is 2.92 bits per heavy atom. The summed E-state index contributed by atoms with van der Waals surface area (Å²) in [6.45, 7) is 1.68. The molecule has 0 radical (unpaired) electrons. The van der Waals surface area contributed by atoms with Gasteiger partial charge < -0.3 is 10.1 Å². The fourth-order valence-electron chi connectivity index (χ4n) is 2.96. The zero-order valence-corrected chi connectivity index (χ0v) is 15.5. The van der Waals surface area contributed by atoms with Crippen LogP contribution in [0.15, 0.2) is 24.3 Å². The molecule has 1 aliphatic rings. The zero-order valence-electron chi connectivity index (χ0n) is 14.0. The molecule has 6 heteroatoms. The standard InChI is InChI=1S/C19H19ClN2O2S/c1-12(24-14-7-5-6-13(20)10-14)18(23)22-19-16(11-21)15-8-3-2-4-9-17(15)25-19/h5-7,10,12H,2-4,8-9H2,1H3,(H,22,23). The lowest BCUT2D eigenvalue weighted by Crippen LogP contribution is -2.30. The van der Waals surface area contributed by atoms with Crippen molar-refractivity contribution in [3.05, 3.63) is 45.3 Å². The summed E-state index contributed by atoms with van der Waals surface area (Å²) in [5.41, 5.74) is 1.73. The second-order valence-electron chi connectivity index (χ2n) is 6.09. The van der Waals surface area contributed by atoms with Crippen LogP contribution in [0.2, 0.25) is 5.02 Å². The highest BCUT2D eigenvalue weighted by Crippen LogP contribution is 2.37. The second kappa shape index (κ2) is 7.90. The Kier molecular flexibility index (Phi) is 5.62. The van der Waals surface area contributed by atoms with Gasteiger partial charge in [-0.2, -0.15) is 5.26 Å². The van der Waals surface area contributed by atoms with Crippen LogP contribution >= 0.6 is 22.9 Å². The van der Waals surface area contributed by atoms with Gasteiger partial charge >= 0.3 is 0 Å². The molecule has 1 aliphatic carbocycles. The Morgan fingerprint density at radius 1 is 1.36 bits per heavy atom. The Hall–Kier alpha value is -2.03. The van der Waals surface area contributed by atoms with E-state index in [1.165, 1.54) is 22.6 Å². The van der Waals surface area contributed by atoms with Crippen molar-refractivity contribution < 1.29 is 9.53 Å². The van der Waals surface area contributed by atoms with Crippen LogP contribution in [-0.4, -0.2) is 12.0 Å². The number of carbonyl (C=O) groups excluding carboxylic acids is 1. The molecule has 1 N–H and O–H groups in total. The quantitative estimate of drug-likeness (QED) is 0.770. The summed E-state index contributed by atoms with van der Waals surface area (Å²) in [7, 11) is 0. The van der Waals surface area contributed by atoms with E-state index < -0.39 is 6.10 Å². The number of aryl methyl sites for hydroxylation is 1. The molecule has 0 bridgehead atoms. The summed E-state index contributed by atoms with van der Waals surface area (Å²) < 4.78 is 5.65. The third-order valence-corrected chi connectivity index (χ3v) is 5.69. The third kappa shape index (κ3) is 4.15. The fraction of sp³-hybridized carbons (Fsp3) is 0.368. The number of anilines is 1. The number of nitrogens with one attached hydrogen (secondary N) is 1. The molecule has 0 fully saturated rings. The van der Waals surface area contributed by atoms with Gasteiger partial charge in [-0.05, 0) is 56.4 Å². The number of hydrogen-bond donors (Lipinski definition) is 1. The van der Waals surface area contributed by atoms with Crippen molar-refractivity contribution in [2.45, 2.75) is 45.1 Å². The van der Waals surface area contributed by atoms with E-state index >= 15 is 0 Å². The first-order valence-electron chi connectivity index (χ1n) is 8.36. The van der Waals surface area contributed by atoms with Crippen LogP contribution < -0.4 is 10.1 Å². The molecule has 1 heterocycles. The maximum Gasteiger partial charge on any atom is 0.265 e. The van der Waals surface area contributed by atoms with Gasteiger partial charge in [0, 0.05) is 9.90 Å². The Balaban J connectivity index is 1.73. The van der Waals surface area contributed by atoms with Crippen LogP contribution in [0.4, 0.5) is 5.00 Å². The predicted octanol–water partition coefficient (Wildman–Crippen LogP) is 4.95. The van der Waals surface area contributed by atoms with E-state index in [0.29, 0.717) is 21.3 Å². The van der Waals surface area contributed by atoms with Gasteiger partial charge in [0.25, 0.3) is 5.91 Å². The van der Waals surface area contributed by atoms with Gasteiger partial charge in [-0.25, -0.2) is 0 Å². The molecule has 1 aromatic heterocycles. The molecule has 0 spiro atoms. The molecule has 25 heavy (non-hydrogen) atoms. The summed E-state index contributed by atoms with van der Waals surface area (Å²) in [5, 5.41) is 13.6. The van der Waals surface area contributed by atoms with E-state index in [1.807, 2.05) is 0 Å². The van der Waals surface area contributed by atoms with Gasteiger partial charge in [0.05, 0.1) is 5.56 Å². The molecule has 1 atom stereocenters. The molecule has 0 saturated carbocycles. The molecule has 3 rings (SSSR count). The maximum atomic E-state index is 12.5. The first kappa shape index (κ1) is 17.8. The van der Waals surface area contributed by atoms with Crippen LogP contribution in [0, 0.1) is 11.3 Å². The number of benzene rings is 1. The van der Waals surface area contributed by atoms with Crippen LogP contribution in [0.3, 0.4) is 0 Å². The lowest BCUT2D eigenvalue weighted by molar-refractivity contribution is -0.122. The van der Waals surface area contributed by atoms with E-state index in [4.69, 9.17) is 16.3 Å². The Labute approximate surface area is 156 Å². The Bertz CT molecular complexity index is 825. The first-order valence-corrected chi connectivity index (χ1v) is 9.55. The summed E-state index contributed by atoms with van der Waals surface area (Å²) in [6.07, 6.45) is 4.64. The average molecular weight is 375 g/mol. The zero-order chi connectivity index (χ0) is 17.8. The second-order valence-corrected chi connectivity index (χ2v) is 7.63. The van der Waals surface area contributed by atoms with E-state index in [0.717, 1.165) is 31.2 Å². The molecule has 130 valence electrons. The van der Waals surface area contributed by atoms with Crippen molar-refractivity contribution in [2.24, 2.45) is 0 Å². The molecular formula is C19H19ClN2O2S. The number of nitrogens with zero attached hydrogens (tertiary/aromatic N) is 1. The summed E-state index contributed by atoms with van der Waals surface area (Å²) >= 11 is 7.46. The van der Waals surface area contributed by atoms with Crippen molar-refractivity contribution in [3.8, 4) is 11.8 Å². The average Bonchev–Trinajstić information content (AvgIpc) is 2.75. The number of amides is 1. The maximum absolute atomic E-state index is 12.5. The normalized spacial score (nSPS) is 14.8. The predicted molar refractivity (Wildman–Crippen MR) is 100 cm³/mol. The summed E-state index contributed by atoms with van der Waals surface area (Å²) in [4.78, 5) is 13.7. The van der Waals surface area contributed by atoms with Crippen LogP contribution in [0.1, 0.15) is 42.2 Å². The number of thiophene rings is 1. The number of carbonyl (C=O) groups is 1. The number of rotatable bonds is 4. The fourth-order valence-corrected chi connectivity index (χ4v) is 4.38. The minimum atomic E-state index is -0.688. The lowest BCUT2D eigenvalue weighted by Gasteiger charge is -2.14.